The second kappa shape index (κ2) is 7.18. The van der Waals surface area contributed by atoms with Crippen molar-refractivity contribution in [2.45, 2.75) is 107 Å². The molecule has 164 valence electrons. The Morgan fingerprint density at radius 2 is 1.41 bits per heavy atom. The lowest BCUT2D eigenvalue weighted by atomic mass is 9.49. The van der Waals surface area contributed by atoms with Crippen LogP contribution < -0.4 is 10.6 Å². The molecule has 0 aromatic rings. The van der Waals surface area contributed by atoms with E-state index in [1.807, 2.05) is 0 Å². The summed E-state index contributed by atoms with van der Waals surface area (Å²) in [5, 5.41) is 7.55. The van der Waals surface area contributed by atoms with Crippen LogP contribution >= 0.6 is 0 Å². The number of hydrogen-bond donors (Lipinski definition) is 2. The molecule has 1 atom stereocenters. The lowest BCUT2D eigenvalue weighted by molar-refractivity contribution is -0.204. The average Bonchev–Trinajstić information content (AvgIpc) is 2.73. The number of hydrogen-bond acceptors (Lipinski definition) is 4. The smallest absolute Gasteiger partial charge is 0.0728 e. The molecule has 4 saturated heterocycles. The summed E-state index contributed by atoms with van der Waals surface area (Å²) in [7, 11) is 0. The van der Waals surface area contributed by atoms with Gasteiger partial charge in [0.15, 0.2) is 0 Å². The summed E-state index contributed by atoms with van der Waals surface area (Å²) in [5.74, 6) is 0.922. The van der Waals surface area contributed by atoms with Gasteiger partial charge in [-0.3, -0.25) is 4.90 Å². The molecule has 6 rings (SSSR count). The van der Waals surface area contributed by atoms with E-state index in [2.05, 4.69) is 15.5 Å². The normalized spacial score (nSPS) is 44.5. The van der Waals surface area contributed by atoms with Gasteiger partial charge in [0.05, 0.1) is 12.2 Å². The molecular weight excluding hydrogens is 358 g/mol. The van der Waals surface area contributed by atoms with Crippen LogP contribution in [0, 0.1) is 11.3 Å². The summed E-state index contributed by atoms with van der Waals surface area (Å²) in [4.78, 5) is 3.08. The molecule has 4 nitrogen and oxygen atoms in total. The van der Waals surface area contributed by atoms with E-state index >= 15 is 0 Å². The Morgan fingerprint density at radius 1 is 0.724 bits per heavy atom. The van der Waals surface area contributed by atoms with Gasteiger partial charge in [-0.05, 0) is 108 Å². The maximum Gasteiger partial charge on any atom is 0.0728 e. The minimum atomic E-state index is 0.278. The molecular formula is C25H43N3O. The first-order valence-electron chi connectivity index (χ1n) is 13.1. The van der Waals surface area contributed by atoms with E-state index < -0.39 is 0 Å². The summed E-state index contributed by atoms with van der Waals surface area (Å²) < 4.78 is 6.11. The second-order valence-corrected chi connectivity index (χ2v) is 11.7. The van der Waals surface area contributed by atoms with Gasteiger partial charge in [0.2, 0.25) is 0 Å². The van der Waals surface area contributed by atoms with E-state index in [0.29, 0.717) is 16.5 Å². The highest BCUT2D eigenvalue weighted by Crippen LogP contribution is 2.60. The Labute approximate surface area is 177 Å². The first-order chi connectivity index (χ1) is 14.2. The topological polar surface area (TPSA) is 36.5 Å². The van der Waals surface area contributed by atoms with Crippen LogP contribution in [-0.2, 0) is 4.74 Å². The third kappa shape index (κ3) is 2.92. The molecule has 6 aliphatic rings. The highest BCUT2D eigenvalue weighted by Gasteiger charge is 2.61. The zero-order valence-corrected chi connectivity index (χ0v) is 18.6. The SMILES string of the molecule is C1CCC(C2CCC3(CCN3)CC2)(N2CCC3(CCO3)CC2)C2(C1)CCNCC2. The zero-order valence-electron chi connectivity index (χ0n) is 18.6. The van der Waals surface area contributed by atoms with Crippen molar-refractivity contribution in [1.82, 2.24) is 15.5 Å². The Morgan fingerprint density at radius 3 is 2.00 bits per heavy atom. The molecule has 2 aliphatic carbocycles. The van der Waals surface area contributed by atoms with Crippen molar-refractivity contribution in [2.75, 3.05) is 39.3 Å². The predicted octanol–water partition coefficient (Wildman–Crippen LogP) is 3.85. The largest absolute Gasteiger partial charge is 0.375 e. The lowest BCUT2D eigenvalue weighted by Crippen LogP contribution is -2.71. The van der Waals surface area contributed by atoms with Gasteiger partial charge >= 0.3 is 0 Å². The van der Waals surface area contributed by atoms with Crippen LogP contribution in [0.15, 0.2) is 0 Å². The average molecular weight is 402 g/mol. The number of ether oxygens (including phenoxy) is 1. The summed E-state index contributed by atoms with van der Waals surface area (Å²) in [6, 6.07) is 0. The highest BCUT2D eigenvalue weighted by atomic mass is 16.5. The predicted molar refractivity (Wildman–Crippen MR) is 117 cm³/mol. The molecule has 2 N–H and O–H groups in total. The third-order valence-electron chi connectivity index (χ3n) is 10.9. The fraction of sp³-hybridized carbons (Fsp3) is 1.00. The van der Waals surface area contributed by atoms with E-state index in [-0.39, 0.29) is 5.60 Å². The molecule has 29 heavy (non-hydrogen) atoms. The van der Waals surface area contributed by atoms with Crippen LogP contribution in [0.1, 0.15) is 89.9 Å². The Balaban J connectivity index is 1.31. The first-order valence-corrected chi connectivity index (χ1v) is 13.1. The van der Waals surface area contributed by atoms with Crippen LogP contribution in [0.3, 0.4) is 0 Å². The van der Waals surface area contributed by atoms with Gasteiger partial charge in [0, 0.05) is 24.2 Å². The van der Waals surface area contributed by atoms with Crippen LogP contribution in [0.2, 0.25) is 0 Å². The van der Waals surface area contributed by atoms with E-state index in [1.165, 1.54) is 123 Å². The standard InChI is InChI=1S/C25H43N3O/c1-2-6-25(22(5-1)9-15-26-16-10-22,21-3-7-23(8-4-21)11-17-27-23)28-18-12-24(13-19-28)14-20-29-24/h21,26-27H,1-20H2. The van der Waals surface area contributed by atoms with Crippen molar-refractivity contribution in [2.24, 2.45) is 11.3 Å². The van der Waals surface area contributed by atoms with Crippen LogP contribution in [0.25, 0.3) is 0 Å². The van der Waals surface area contributed by atoms with E-state index in [4.69, 9.17) is 4.74 Å². The Kier molecular flexibility index (Phi) is 4.83. The quantitative estimate of drug-likeness (QED) is 0.737. The van der Waals surface area contributed by atoms with Crippen LogP contribution in [-0.4, -0.2) is 60.9 Å². The van der Waals surface area contributed by atoms with Crippen molar-refractivity contribution in [3.63, 3.8) is 0 Å². The first kappa shape index (κ1) is 19.5. The molecule has 1 unspecified atom stereocenters. The van der Waals surface area contributed by atoms with Gasteiger partial charge in [0.25, 0.3) is 0 Å². The van der Waals surface area contributed by atoms with Gasteiger partial charge < -0.3 is 15.4 Å². The number of nitrogens with zero attached hydrogens (tertiary/aromatic N) is 1. The van der Waals surface area contributed by atoms with Crippen molar-refractivity contribution in [1.29, 1.82) is 0 Å². The van der Waals surface area contributed by atoms with Gasteiger partial charge in [-0.1, -0.05) is 12.8 Å². The van der Waals surface area contributed by atoms with Crippen molar-refractivity contribution >= 4 is 0 Å². The molecule has 0 amide bonds. The zero-order chi connectivity index (χ0) is 19.4. The fourth-order valence-electron chi connectivity index (χ4n) is 8.97. The van der Waals surface area contributed by atoms with Crippen molar-refractivity contribution in [3.8, 4) is 0 Å². The molecule has 3 spiro atoms. The highest BCUT2D eigenvalue weighted by molar-refractivity contribution is 5.16. The Bertz CT molecular complexity index is 543. The molecule has 0 radical (unpaired) electrons. The molecule has 4 aliphatic heterocycles. The molecule has 6 fully saturated rings. The second-order valence-electron chi connectivity index (χ2n) is 11.7. The van der Waals surface area contributed by atoms with E-state index in [0.717, 1.165) is 12.5 Å². The summed E-state index contributed by atoms with van der Waals surface area (Å²) in [6.45, 7) is 7.38. The minimum absolute atomic E-state index is 0.278. The number of nitrogens with one attached hydrogen (secondary N) is 2. The number of rotatable bonds is 2. The maximum atomic E-state index is 6.11. The Hall–Kier alpha value is -0.160. The van der Waals surface area contributed by atoms with Crippen LogP contribution in [0.4, 0.5) is 0 Å². The molecule has 2 saturated carbocycles. The van der Waals surface area contributed by atoms with Crippen molar-refractivity contribution in [3.05, 3.63) is 0 Å². The minimum Gasteiger partial charge on any atom is -0.375 e. The fourth-order valence-corrected chi connectivity index (χ4v) is 8.97. The monoisotopic (exact) mass is 401 g/mol. The van der Waals surface area contributed by atoms with E-state index in [1.54, 1.807) is 0 Å². The van der Waals surface area contributed by atoms with Gasteiger partial charge in [-0.15, -0.1) is 0 Å². The summed E-state index contributed by atoms with van der Waals surface area (Å²) in [6.07, 6.45) is 19.9. The number of piperidine rings is 2. The molecule has 4 heteroatoms. The van der Waals surface area contributed by atoms with Gasteiger partial charge in [-0.25, -0.2) is 0 Å². The van der Waals surface area contributed by atoms with Crippen LogP contribution in [0.5, 0.6) is 0 Å². The molecule has 0 bridgehead atoms. The summed E-state index contributed by atoms with van der Waals surface area (Å²) in [5.41, 5.74) is 1.87. The molecule has 4 heterocycles. The van der Waals surface area contributed by atoms with Crippen molar-refractivity contribution < 1.29 is 4.74 Å². The van der Waals surface area contributed by atoms with Gasteiger partial charge in [-0.2, -0.15) is 0 Å². The summed E-state index contributed by atoms with van der Waals surface area (Å²) >= 11 is 0. The number of likely N-dealkylation sites (tertiary alicyclic amines) is 1. The third-order valence-corrected chi connectivity index (χ3v) is 10.9. The lowest BCUT2D eigenvalue weighted by Gasteiger charge is -2.67. The van der Waals surface area contributed by atoms with E-state index in [9.17, 15) is 0 Å². The van der Waals surface area contributed by atoms with Gasteiger partial charge in [0.1, 0.15) is 0 Å². The maximum absolute atomic E-state index is 6.11. The molecule has 0 aromatic heterocycles. The molecule has 0 aromatic carbocycles.